The van der Waals surface area contributed by atoms with E-state index in [1.54, 1.807) is 16.7 Å². The Bertz CT molecular complexity index is 915. The quantitative estimate of drug-likeness (QED) is 0.646. The molecule has 2 heterocycles. The van der Waals surface area contributed by atoms with Crippen molar-refractivity contribution in [3.8, 4) is 0 Å². The van der Waals surface area contributed by atoms with E-state index >= 15 is 0 Å². The van der Waals surface area contributed by atoms with Crippen molar-refractivity contribution < 1.29 is 27.6 Å². The van der Waals surface area contributed by atoms with Gasteiger partial charge in [-0.2, -0.15) is 13.2 Å². The third-order valence-electron chi connectivity index (χ3n) is 7.59. The second-order valence-corrected chi connectivity index (χ2v) is 9.72. The maximum atomic E-state index is 13.6. The Morgan fingerprint density at radius 3 is 1.83 bits per heavy atom. The van der Waals surface area contributed by atoms with Crippen LogP contribution in [0, 0.1) is 5.92 Å². The van der Waals surface area contributed by atoms with Gasteiger partial charge >= 0.3 is 6.18 Å². The molecule has 0 aromatic heterocycles. The number of amides is 3. The lowest BCUT2D eigenvalue weighted by Crippen LogP contribution is -2.60. The average molecular weight is 495 g/mol. The highest BCUT2D eigenvalue weighted by Gasteiger charge is 2.40. The van der Waals surface area contributed by atoms with Crippen molar-refractivity contribution in [3.05, 3.63) is 35.4 Å². The SMILES string of the molecule is CC(=O)N1CCN(C(=O)[C@@H](C2CCCC2)N2CCN(C(=O)c3ccc(C(F)(F)F)cc3)CC2)CC1. The molecule has 0 unspecified atom stereocenters. The van der Waals surface area contributed by atoms with Gasteiger partial charge in [0.25, 0.3) is 5.91 Å². The number of piperazine rings is 2. The van der Waals surface area contributed by atoms with Gasteiger partial charge in [0.05, 0.1) is 11.6 Å². The molecule has 0 bridgehead atoms. The summed E-state index contributed by atoms with van der Waals surface area (Å²) in [6.45, 7) is 5.66. The third kappa shape index (κ3) is 5.79. The molecule has 1 aromatic rings. The van der Waals surface area contributed by atoms with E-state index in [0.29, 0.717) is 52.4 Å². The molecule has 1 aromatic carbocycles. The molecule has 0 radical (unpaired) electrons. The molecule has 10 heteroatoms. The van der Waals surface area contributed by atoms with Crippen LogP contribution in [0.25, 0.3) is 0 Å². The summed E-state index contributed by atoms with van der Waals surface area (Å²) in [7, 11) is 0. The first-order valence-corrected chi connectivity index (χ1v) is 12.4. The summed E-state index contributed by atoms with van der Waals surface area (Å²) in [6, 6.07) is 4.09. The first-order valence-electron chi connectivity index (χ1n) is 12.4. The number of halogens is 3. The van der Waals surface area contributed by atoms with Gasteiger partial charge in [0.1, 0.15) is 0 Å². The molecule has 1 saturated carbocycles. The molecule has 4 rings (SSSR count). The monoisotopic (exact) mass is 494 g/mol. The molecule has 1 atom stereocenters. The Labute approximate surface area is 203 Å². The Morgan fingerprint density at radius 1 is 0.800 bits per heavy atom. The Hall–Kier alpha value is -2.62. The van der Waals surface area contributed by atoms with E-state index in [0.717, 1.165) is 37.8 Å². The van der Waals surface area contributed by atoms with Gasteiger partial charge in [-0.15, -0.1) is 0 Å². The lowest BCUT2D eigenvalue weighted by Gasteiger charge is -2.44. The van der Waals surface area contributed by atoms with Gasteiger partial charge in [-0.05, 0) is 43.0 Å². The molecule has 1 aliphatic carbocycles. The van der Waals surface area contributed by atoms with E-state index in [4.69, 9.17) is 0 Å². The zero-order valence-corrected chi connectivity index (χ0v) is 20.1. The Balaban J connectivity index is 1.39. The van der Waals surface area contributed by atoms with Gasteiger partial charge < -0.3 is 14.7 Å². The van der Waals surface area contributed by atoms with Crippen molar-refractivity contribution >= 4 is 17.7 Å². The number of rotatable bonds is 4. The number of nitrogens with zero attached hydrogens (tertiary/aromatic N) is 4. The lowest BCUT2D eigenvalue weighted by atomic mass is 9.94. The van der Waals surface area contributed by atoms with Crippen LogP contribution in [0.2, 0.25) is 0 Å². The van der Waals surface area contributed by atoms with E-state index in [-0.39, 0.29) is 35.2 Å². The van der Waals surface area contributed by atoms with E-state index in [9.17, 15) is 27.6 Å². The fourth-order valence-electron chi connectivity index (χ4n) is 5.55. The molecular weight excluding hydrogens is 461 g/mol. The molecule has 2 aliphatic heterocycles. The zero-order chi connectivity index (χ0) is 25.2. The standard InChI is InChI=1S/C25H33F3N4O3/c1-18(33)29-10-14-32(15-11-29)24(35)22(19-4-2-3-5-19)30-12-16-31(17-13-30)23(34)20-6-8-21(9-7-20)25(26,27)28/h6-9,19,22H,2-5,10-17H2,1H3/t22-/m1/s1. The van der Waals surface area contributed by atoms with Crippen LogP contribution in [0.4, 0.5) is 13.2 Å². The highest BCUT2D eigenvalue weighted by molar-refractivity contribution is 5.94. The van der Waals surface area contributed by atoms with Crippen molar-refractivity contribution in [2.75, 3.05) is 52.4 Å². The topological polar surface area (TPSA) is 64.2 Å². The van der Waals surface area contributed by atoms with Gasteiger partial charge in [0, 0.05) is 64.8 Å². The van der Waals surface area contributed by atoms with Crippen LogP contribution in [0.15, 0.2) is 24.3 Å². The normalized spacial score (nSPS) is 21.3. The van der Waals surface area contributed by atoms with Crippen LogP contribution in [0.3, 0.4) is 0 Å². The first-order chi connectivity index (χ1) is 16.6. The van der Waals surface area contributed by atoms with Gasteiger partial charge in [0.15, 0.2) is 0 Å². The lowest BCUT2D eigenvalue weighted by molar-refractivity contribution is -0.144. The number of alkyl halides is 3. The van der Waals surface area contributed by atoms with Crippen molar-refractivity contribution in [1.29, 1.82) is 0 Å². The van der Waals surface area contributed by atoms with Crippen LogP contribution in [0.5, 0.6) is 0 Å². The molecule has 35 heavy (non-hydrogen) atoms. The van der Waals surface area contributed by atoms with Crippen LogP contribution in [-0.4, -0.2) is 95.7 Å². The van der Waals surface area contributed by atoms with E-state index in [1.165, 1.54) is 12.1 Å². The largest absolute Gasteiger partial charge is 0.416 e. The van der Waals surface area contributed by atoms with Crippen molar-refractivity contribution in [1.82, 2.24) is 19.6 Å². The highest BCUT2D eigenvalue weighted by Crippen LogP contribution is 2.33. The molecule has 3 fully saturated rings. The number of carbonyl (C=O) groups is 3. The number of hydrogen-bond acceptors (Lipinski definition) is 4. The Morgan fingerprint density at radius 2 is 1.31 bits per heavy atom. The fraction of sp³-hybridized carbons (Fsp3) is 0.640. The zero-order valence-electron chi connectivity index (χ0n) is 20.1. The summed E-state index contributed by atoms with van der Waals surface area (Å²) in [5.41, 5.74) is -0.542. The van der Waals surface area contributed by atoms with Crippen LogP contribution < -0.4 is 0 Å². The molecule has 192 valence electrons. The summed E-state index contributed by atoms with van der Waals surface area (Å²) in [5.74, 6) is 0.133. The predicted octanol–water partition coefficient (Wildman–Crippen LogP) is 2.71. The van der Waals surface area contributed by atoms with E-state index in [2.05, 4.69) is 4.90 Å². The number of benzene rings is 1. The summed E-state index contributed by atoms with van der Waals surface area (Å²) in [5, 5.41) is 0. The van der Waals surface area contributed by atoms with Crippen molar-refractivity contribution in [2.45, 2.75) is 44.8 Å². The van der Waals surface area contributed by atoms with Gasteiger partial charge in [-0.25, -0.2) is 0 Å². The molecule has 0 spiro atoms. The smallest absolute Gasteiger partial charge is 0.339 e. The predicted molar refractivity (Wildman–Crippen MR) is 124 cm³/mol. The summed E-state index contributed by atoms with van der Waals surface area (Å²) in [4.78, 5) is 45.6. The van der Waals surface area contributed by atoms with Crippen LogP contribution >= 0.6 is 0 Å². The average Bonchev–Trinajstić information content (AvgIpc) is 3.38. The molecular formula is C25H33F3N4O3. The van der Waals surface area contributed by atoms with Crippen LogP contribution in [0.1, 0.15) is 48.5 Å². The van der Waals surface area contributed by atoms with Crippen LogP contribution in [-0.2, 0) is 15.8 Å². The van der Waals surface area contributed by atoms with Crippen molar-refractivity contribution in [3.63, 3.8) is 0 Å². The minimum Gasteiger partial charge on any atom is -0.339 e. The fourth-order valence-corrected chi connectivity index (χ4v) is 5.55. The minimum absolute atomic E-state index is 0.0262. The Kier molecular flexibility index (Phi) is 7.68. The van der Waals surface area contributed by atoms with E-state index in [1.807, 2.05) is 4.90 Å². The van der Waals surface area contributed by atoms with Gasteiger partial charge in [-0.1, -0.05) is 12.8 Å². The number of hydrogen-bond donors (Lipinski definition) is 0. The number of carbonyl (C=O) groups excluding carboxylic acids is 3. The van der Waals surface area contributed by atoms with Crippen molar-refractivity contribution in [2.24, 2.45) is 5.92 Å². The summed E-state index contributed by atoms with van der Waals surface area (Å²) < 4.78 is 38.5. The molecule has 2 saturated heterocycles. The van der Waals surface area contributed by atoms with Gasteiger partial charge in [0.2, 0.25) is 11.8 Å². The first kappa shape index (κ1) is 25.5. The molecule has 7 nitrogen and oxygen atoms in total. The summed E-state index contributed by atoms with van der Waals surface area (Å²) in [6.07, 6.45) is -0.200. The molecule has 0 N–H and O–H groups in total. The third-order valence-corrected chi connectivity index (χ3v) is 7.59. The second-order valence-electron chi connectivity index (χ2n) is 9.72. The molecule has 3 aliphatic rings. The van der Waals surface area contributed by atoms with Gasteiger partial charge in [-0.3, -0.25) is 19.3 Å². The second kappa shape index (κ2) is 10.6. The van der Waals surface area contributed by atoms with E-state index < -0.39 is 11.7 Å². The summed E-state index contributed by atoms with van der Waals surface area (Å²) >= 11 is 0. The molecule has 3 amide bonds. The maximum Gasteiger partial charge on any atom is 0.416 e. The minimum atomic E-state index is -4.44. The highest BCUT2D eigenvalue weighted by atomic mass is 19.4. The maximum absolute atomic E-state index is 13.6.